The Bertz CT molecular complexity index is 173. The van der Waals surface area contributed by atoms with Crippen LogP contribution >= 0.6 is 0 Å². The van der Waals surface area contributed by atoms with E-state index in [1.54, 1.807) is 0 Å². The first-order valence-electron chi connectivity index (χ1n) is 2.69. The zero-order valence-electron chi connectivity index (χ0n) is 5.55. The van der Waals surface area contributed by atoms with Crippen LogP contribution in [0, 0.1) is 0 Å². The smallest absolute Gasteiger partial charge is 0.294 e. The molecule has 1 aromatic heterocycles. The van der Waals surface area contributed by atoms with Gasteiger partial charge in [0, 0.05) is 6.55 Å². The molecule has 0 saturated heterocycles. The Labute approximate surface area is 51.1 Å². The lowest BCUT2D eigenvalue weighted by molar-refractivity contribution is -0.618. The molecule has 8 heavy (non-hydrogen) atoms. The summed E-state index contributed by atoms with van der Waals surface area (Å²) in [5, 5.41) is 0. The number of rotatable bonds is 0. The molecule has 0 aromatic carbocycles. The molecule has 0 bridgehead atoms. The van der Waals surface area contributed by atoms with Gasteiger partial charge in [0.2, 0.25) is 0 Å². The highest BCUT2D eigenvalue weighted by atomic mass is 28.2. The first-order chi connectivity index (χ1) is 3.72. The standard InChI is InChI=1S/C5H11N2Si/c1-6-4-5-7(2)8(6)3/h4-5H,1-3H3/q+1. The van der Waals surface area contributed by atoms with Crippen LogP contribution in [-0.2, 0) is 20.6 Å². The molecule has 44 valence electrons. The Morgan fingerprint density at radius 2 is 2.25 bits per heavy atom. The normalized spacial score (nSPS) is 9.88. The van der Waals surface area contributed by atoms with Crippen LogP contribution in [0.5, 0.6) is 0 Å². The average molecular weight is 127 g/mol. The molecule has 0 radical (unpaired) electrons. The van der Waals surface area contributed by atoms with Gasteiger partial charge in [-0.25, -0.2) is 0 Å². The largest absolute Gasteiger partial charge is 0.470 e. The van der Waals surface area contributed by atoms with E-state index in [0.29, 0.717) is 0 Å². The molecule has 0 fully saturated rings. The number of hydrogen-bond donors (Lipinski definition) is 0. The molecule has 0 atom stereocenters. The van der Waals surface area contributed by atoms with Crippen molar-refractivity contribution in [2.45, 2.75) is 0 Å². The molecule has 0 amide bonds. The first kappa shape index (κ1) is 5.69. The van der Waals surface area contributed by atoms with Gasteiger partial charge in [-0.3, -0.25) is 8.44 Å². The first-order valence-corrected chi connectivity index (χ1v) is 4.59. The Morgan fingerprint density at radius 1 is 1.62 bits per heavy atom. The maximum Gasteiger partial charge on any atom is 0.470 e. The van der Waals surface area contributed by atoms with E-state index in [4.69, 9.17) is 0 Å². The van der Waals surface area contributed by atoms with Gasteiger partial charge in [0.25, 0.3) is 0 Å². The van der Waals surface area contributed by atoms with Crippen molar-refractivity contribution >= 4 is 8.74 Å². The minimum absolute atomic E-state index is 0.357. The van der Waals surface area contributed by atoms with E-state index in [2.05, 4.69) is 41.5 Å². The molecular weight excluding hydrogens is 116 g/mol. The highest BCUT2D eigenvalue weighted by Gasteiger charge is 2.05. The van der Waals surface area contributed by atoms with Crippen LogP contribution < -0.4 is 4.22 Å². The van der Waals surface area contributed by atoms with Gasteiger partial charge in [-0.1, -0.05) is 0 Å². The molecular formula is C5H11N2Si+. The van der Waals surface area contributed by atoms with Crippen molar-refractivity contribution in [2.75, 3.05) is 0 Å². The lowest BCUT2D eigenvalue weighted by atomic mass is 10.9. The summed E-state index contributed by atoms with van der Waals surface area (Å²) in [5.74, 6) is 0. The van der Waals surface area contributed by atoms with Crippen LogP contribution in [0.3, 0.4) is 0 Å². The Hall–Kier alpha value is -0.443. The SMILES string of the molecule is Cn1cc[n+](C)[si]1C. The quantitative estimate of drug-likeness (QED) is 0.412. The van der Waals surface area contributed by atoms with Gasteiger partial charge in [-0.15, -0.1) is 0 Å². The third kappa shape index (κ3) is 0.732. The summed E-state index contributed by atoms with van der Waals surface area (Å²) in [4.78, 5) is 0. The Morgan fingerprint density at radius 3 is 2.38 bits per heavy atom. The van der Waals surface area contributed by atoms with E-state index in [1.807, 2.05) is 0 Å². The molecule has 3 heteroatoms. The molecule has 0 spiro atoms. The molecule has 2 nitrogen and oxygen atoms in total. The minimum atomic E-state index is -0.357. The van der Waals surface area contributed by atoms with Crippen molar-refractivity contribution in [3.8, 4) is 0 Å². The molecule has 0 unspecified atom stereocenters. The second-order valence-electron chi connectivity index (χ2n) is 2.07. The molecule has 0 aliphatic carbocycles. The van der Waals surface area contributed by atoms with Crippen LogP contribution in [-0.4, -0.2) is 13.0 Å². The van der Waals surface area contributed by atoms with E-state index in [0.717, 1.165) is 0 Å². The van der Waals surface area contributed by atoms with Crippen LogP contribution in [0.1, 0.15) is 0 Å². The average Bonchev–Trinajstić information content (AvgIpc) is 1.98. The van der Waals surface area contributed by atoms with Crippen molar-refractivity contribution < 1.29 is 4.22 Å². The van der Waals surface area contributed by atoms with Crippen molar-refractivity contribution in [1.29, 1.82) is 0 Å². The van der Waals surface area contributed by atoms with Gasteiger partial charge in [0.05, 0.1) is 14.1 Å². The Kier molecular flexibility index (Phi) is 1.29. The molecule has 1 aromatic rings. The van der Waals surface area contributed by atoms with E-state index >= 15 is 0 Å². The minimum Gasteiger partial charge on any atom is -0.294 e. The van der Waals surface area contributed by atoms with Crippen LogP contribution in [0.4, 0.5) is 0 Å². The summed E-state index contributed by atoms with van der Waals surface area (Å²) in [7, 11) is 3.88. The third-order valence-electron chi connectivity index (χ3n) is 1.53. The summed E-state index contributed by atoms with van der Waals surface area (Å²) in [6, 6.07) is 0. The summed E-state index contributed by atoms with van der Waals surface area (Å²) >= 11 is 0. The maximum absolute atomic E-state index is 2.27. The van der Waals surface area contributed by atoms with Crippen molar-refractivity contribution in [1.82, 2.24) is 4.22 Å². The van der Waals surface area contributed by atoms with E-state index in [9.17, 15) is 0 Å². The molecule has 0 aliphatic heterocycles. The lowest BCUT2D eigenvalue weighted by Gasteiger charge is -1.82. The molecule has 1 rings (SSSR count). The van der Waals surface area contributed by atoms with E-state index in [-0.39, 0.29) is 8.74 Å². The molecule has 1 heterocycles. The van der Waals surface area contributed by atoms with Crippen molar-refractivity contribution in [3.05, 3.63) is 12.4 Å². The predicted molar refractivity (Wildman–Crippen MR) is 33.5 cm³/mol. The fourth-order valence-corrected chi connectivity index (χ4v) is 1.73. The van der Waals surface area contributed by atoms with Gasteiger partial charge in [0.1, 0.15) is 12.4 Å². The van der Waals surface area contributed by atoms with Gasteiger partial charge < -0.3 is 0 Å². The zero-order chi connectivity index (χ0) is 6.15. The predicted octanol–water partition coefficient (Wildman–Crippen LogP) is -0.588. The topological polar surface area (TPSA) is 8.81 Å². The van der Waals surface area contributed by atoms with Crippen molar-refractivity contribution in [3.63, 3.8) is 0 Å². The fraction of sp³-hybridized carbons (Fsp3) is 0.600. The summed E-state index contributed by atoms with van der Waals surface area (Å²) in [6.45, 7) is 2.27. The van der Waals surface area contributed by atoms with Crippen LogP contribution in [0.15, 0.2) is 12.4 Å². The highest BCUT2D eigenvalue weighted by molar-refractivity contribution is 6.31. The fourth-order valence-electron chi connectivity index (χ4n) is 0.665. The van der Waals surface area contributed by atoms with Crippen LogP contribution in [0.25, 0.3) is 0 Å². The summed E-state index contributed by atoms with van der Waals surface area (Å²) < 4.78 is 4.54. The van der Waals surface area contributed by atoms with Gasteiger partial charge >= 0.3 is 8.74 Å². The second-order valence-corrected chi connectivity index (χ2v) is 4.57. The second kappa shape index (κ2) is 1.82. The van der Waals surface area contributed by atoms with Crippen LogP contribution in [0.2, 0.25) is 0 Å². The lowest BCUT2D eigenvalue weighted by Crippen LogP contribution is -2.40. The van der Waals surface area contributed by atoms with Crippen molar-refractivity contribution in [2.24, 2.45) is 20.6 Å². The summed E-state index contributed by atoms with van der Waals surface area (Å²) in [5.41, 5.74) is 0. The number of nitrogens with zero attached hydrogens (tertiary/aromatic N) is 2. The Balaban J connectivity index is 3.19. The van der Waals surface area contributed by atoms with Gasteiger partial charge in [0.15, 0.2) is 0 Å². The number of aryl methyl sites for hydroxylation is 2. The molecule has 0 aliphatic rings. The highest BCUT2D eigenvalue weighted by Crippen LogP contribution is 1.71. The van der Waals surface area contributed by atoms with E-state index < -0.39 is 0 Å². The maximum atomic E-state index is 2.27. The monoisotopic (exact) mass is 127 g/mol. The van der Waals surface area contributed by atoms with Gasteiger partial charge in [-0.2, -0.15) is 0 Å². The number of hydrogen-bond acceptors (Lipinski definition) is 0. The molecule has 0 saturated carbocycles. The third-order valence-corrected chi connectivity index (χ3v) is 3.87. The van der Waals surface area contributed by atoms with E-state index in [1.165, 1.54) is 0 Å². The zero-order valence-corrected chi connectivity index (χ0v) is 6.55. The molecule has 0 N–H and O–H groups in total. The number of aromatic nitrogens is 2. The summed E-state index contributed by atoms with van der Waals surface area (Å²) in [6.07, 6.45) is 4.24. The van der Waals surface area contributed by atoms with Gasteiger partial charge in [-0.05, 0) is 0 Å².